The molecule has 2 aromatic carbocycles. The average Bonchev–Trinajstić information content (AvgIpc) is 2.39. The summed E-state index contributed by atoms with van der Waals surface area (Å²) in [4.78, 5) is 0. The number of ether oxygens (including phenoxy) is 1. The second-order valence-electron chi connectivity index (χ2n) is 3.94. The fourth-order valence-electron chi connectivity index (χ4n) is 1.67. The Bertz CT molecular complexity index is 496. The Balaban J connectivity index is 1.97. The highest BCUT2D eigenvalue weighted by Gasteiger charge is 1.97. The maximum Gasteiger partial charge on any atom is 0.121 e. The standard InChI is InChI=1S/C15H16ClNO/c1-2-18-15-5-3-4-14(10-15)17-11-12-6-8-13(16)9-7-12/h3-10,17H,2,11H2,1H3. The minimum atomic E-state index is 0.681. The molecule has 0 saturated carbocycles. The van der Waals surface area contributed by atoms with Crippen LogP contribution in [0.5, 0.6) is 5.75 Å². The van der Waals surface area contributed by atoms with Gasteiger partial charge >= 0.3 is 0 Å². The molecular formula is C15H16ClNO. The molecule has 2 rings (SSSR count). The molecule has 0 aliphatic heterocycles. The Morgan fingerprint density at radius 2 is 1.89 bits per heavy atom. The zero-order chi connectivity index (χ0) is 12.8. The van der Waals surface area contributed by atoms with E-state index in [1.165, 1.54) is 5.56 Å². The van der Waals surface area contributed by atoms with Gasteiger partial charge in [0.1, 0.15) is 5.75 Å². The van der Waals surface area contributed by atoms with Crippen LogP contribution >= 0.6 is 11.6 Å². The molecule has 0 bridgehead atoms. The molecule has 0 saturated heterocycles. The van der Waals surface area contributed by atoms with Gasteiger partial charge in [-0.25, -0.2) is 0 Å². The number of hydrogen-bond acceptors (Lipinski definition) is 2. The van der Waals surface area contributed by atoms with Gasteiger partial charge < -0.3 is 10.1 Å². The minimum absolute atomic E-state index is 0.681. The molecule has 18 heavy (non-hydrogen) atoms. The minimum Gasteiger partial charge on any atom is -0.494 e. The van der Waals surface area contributed by atoms with Gasteiger partial charge in [0.05, 0.1) is 6.61 Å². The predicted molar refractivity (Wildman–Crippen MR) is 76.4 cm³/mol. The van der Waals surface area contributed by atoms with Crippen molar-refractivity contribution in [3.8, 4) is 5.75 Å². The fourth-order valence-corrected chi connectivity index (χ4v) is 1.79. The lowest BCUT2D eigenvalue weighted by Gasteiger charge is -2.09. The van der Waals surface area contributed by atoms with Gasteiger partial charge in [0, 0.05) is 23.3 Å². The lowest BCUT2D eigenvalue weighted by atomic mass is 10.2. The van der Waals surface area contributed by atoms with Crippen molar-refractivity contribution < 1.29 is 4.74 Å². The van der Waals surface area contributed by atoms with E-state index in [0.717, 1.165) is 23.0 Å². The number of hydrogen-bond donors (Lipinski definition) is 1. The zero-order valence-corrected chi connectivity index (χ0v) is 11.1. The van der Waals surface area contributed by atoms with E-state index in [2.05, 4.69) is 5.32 Å². The lowest BCUT2D eigenvalue weighted by Crippen LogP contribution is -1.99. The van der Waals surface area contributed by atoms with Gasteiger partial charge in [-0.05, 0) is 36.8 Å². The van der Waals surface area contributed by atoms with E-state index >= 15 is 0 Å². The molecule has 0 fully saturated rings. The van der Waals surface area contributed by atoms with Crippen LogP contribution < -0.4 is 10.1 Å². The summed E-state index contributed by atoms with van der Waals surface area (Å²) in [5.74, 6) is 0.888. The van der Waals surface area contributed by atoms with Crippen LogP contribution in [0.2, 0.25) is 5.02 Å². The summed E-state index contributed by atoms with van der Waals surface area (Å²) in [5.41, 5.74) is 2.25. The molecule has 0 radical (unpaired) electrons. The van der Waals surface area contributed by atoms with E-state index in [9.17, 15) is 0 Å². The largest absolute Gasteiger partial charge is 0.494 e. The van der Waals surface area contributed by atoms with Crippen LogP contribution in [0, 0.1) is 0 Å². The Kier molecular flexibility index (Phi) is 4.48. The third kappa shape index (κ3) is 3.67. The number of rotatable bonds is 5. The van der Waals surface area contributed by atoms with Gasteiger partial charge in [0.25, 0.3) is 0 Å². The highest BCUT2D eigenvalue weighted by molar-refractivity contribution is 6.30. The first kappa shape index (κ1) is 12.8. The molecule has 0 heterocycles. The van der Waals surface area contributed by atoms with E-state index in [-0.39, 0.29) is 0 Å². The number of halogens is 1. The smallest absolute Gasteiger partial charge is 0.121 e. The summed E-state index contributed by atoms with van der Waals surface area (Å²) >= 11 is 5.85. The third-order valence-electron chi connectivity index (χ3n) is 2.55. The zero-order valence-electron chi connectivity index (χ0n) is 10.3. The topological polar surface area (TPSA) is 21.3 Å². The summed E-state index contributed by atoms with van der Waals surface area (Å²) in [6, 6.07) is 15.8. The molecule has 1 N–H and O–H groups in total. The van der Waals surface area contributed by atoms with Crippen LogP contribution in [0.15, 0.2) is 48.5 Å². The molecule has 2 aromatic rings. The second kappa shape index (κ2) is 6.31. The predicted octanol–water partition coefficient (Wildman–Crippen LogP) is 4.35. The van der Waals surface area contributed by atoms with Crippen LogP contribution in [0.3, 0.4) is 0 Å². The van der Waals surface area contributed by atoms with Crippen LogP contribution in [0.1, 0.15) is 12.5 Å². The van der Waals surface area contributed by atoms with Crippen LogP contribution in [-0.4, -0.2) is 6.61 Å². The highest BCUT2D eigenvalue weighted by Crippen LogP contribution is 2.18. The maximum atomic E-state index is 5.85. The van der Waals surface area contributed by atoms with Gasteiger partial charge in [-0.3, -0.25) is 0 Å². The SMILES string of the molecule is CCOc1cccc(NCc2ccc(Cl)cc2)c1. The maximum absolute atomic E-state index is 5.85. The number of nitrogens with one attached hydrogen (secondary N) is 1. The summed E-state index contributed by atoms with van der Waals surface area (Å²) < 4.78 is 5.46. The van der Waals surface area contributed by atoms with E-state index in [1.807, 2.05) is 55.5 Å². The van der Waals surface area contributed by atoms with Crippen molar-refractivity contribution in [2.24, 2.45) is 0 Å². The van der Waals surface area contributed by atoms with E-state index in [4.69, 9.17) is 16.3 Å². The van der Waals surface area contributed by atoms with Crippen molar-refractivity contribution in [3.05, 3.63) is 59.1 Å². The van der Waals surface area contributed by atoms with E-state index < -0.39 is 0 Å². The first-order chi connectivity index (χ1) is 8.78. The Labute approximate surface area is 113 Å². The molecule has 0 aliphatic carbocycles. The summed E-state index contributed by atoms with van der Waals surface area (Å²) in [7, 11) is 0. The normalized spacial score (nSPS) is 10.1. The molecule has 0 aliphatic rings. The molecule has 0 amide bonds. The molecule has 2 nitrogen and oxygen atoms in total. The van der Waals surface area contributed by atoms with Gasteiger partial charge in [-0.15, -0.1) is 0 Å². The average molecular weight is 262 g/mol. The van der Waals surface area contributed by atoms with E-state index in [1.54, 1.807) is 0 Å². The highest BCUT2D eigenvalue weighted by atomic mass is 35.5. The first-order valence-electron chi connectivity index (χ1n) is 5.99. The number of anilines is 1. The first-order valence-corrected chi connectivity index (χ1v) is 6.37. The van der Waals surface area contributed by atoms with Crippen LogP contribution in [0.25, 0.3) is 0 Å². The van der Waals surface area contributed by atoms with E-state index in [0.29, 0.717) is 6.61 Å². The number of benzene rings is 2. The van der Waals surface area contributed by atoms with Gasteiger partial charge in [0.15, 0.2) is 0 Å². The lowest BCUT2D eigenvalue weighted by molar-refractivity contribution is 0.340. The second-order valence-corrected chi connectivity index (χ2v) is 4.38. The van der Waals surface area contributed by atoms with Crippen LogP contribution in [0.4, 0.5) is 5.69 Å². The monoisotopic (exact) mass is 261 g/mol. The van der Waals surface area contributed by atoms with Crippen LogP contribution in [-0.2, 0) is 6.54 Å². The molecule has 3 heteroatoms. The van der Waals surface area contributed by atoms with Gasteiger partial charge in [-0.1, -0.05) is 29.8 Å². The fraction of sp³-hybridized carbons (Fsp3) is 0.200. The Morgan fingerprint density at radius 1 is 1.11 bits per heavy atom. The van der Waals surface area contributed by atoms with Crippen molar-refractivity contribution in [2.75, 3.05) is 11.9 Å². The molecular weight excluding hydrogens is 246 g/mol. The molecule has 0 atom stereocenters. The van der Waals surface area contributed by atoms with Crippen molar-refractivity contribution >= 4 is 17.3 Å². The van der Waals surface area contributed by atoms with Gasteiger partial charge in [0.2, 0.25) is 0 Å². The summed E-state index contributed by atoms with van der Waals surface area (Å²) in [6.45, 7) is 3.43. The quantitative estimate of drug-likeness (QED) is 0.864. The van der Waals surface area contributed by atoms with Gasteiger partial charge in [-0.2, -0.15) is 0 Å². The van der Waals surface area contributed by atoms with Crippen molar-refractivity contribution in [1.29, 1.82) is 0 Å². The molecule has 0 aromatic heterocycles. The van der Waals surface area contributed by atoms with Crippen molar-refractivity contribution in [2.45, 2.75) is 13.5 Å². The molecule has 0 unspecified atom stereocenters. The van der Waals surface area contributed by atoms with Crippen molar-refractivity contribution in [3.63, 3.8) is 0 Å². The molecule has 0 spiro atoms. The van der Waals surface area contributed by atoms with Crippen molar-refractivity contribution in [1.82, 2.24) is 0 Å². The third-order valence-corrected chi connectivity index (χ3v) is 2.81. The summed E-state index contributed by atoms with van der Waals surface area (Å²) in [5, 5.41) is 4.12. The summed E-state index contributed by atoms with van der Waals surface area (Å²) in [6.07, 6.45) is 0. The molecule has 94 valence electrons. The Hall–Kier alpha value is -1.67. The Morgan fingerprint density at radius 3 is 2.61 bits per heavy atom.